The number of carbonyl (C=O) groups excluding carboxylic acids is 1. The summed E-state index contributed by atoms with van der Waals surface area (Å²) in [5.74, 6) is 1.35. The van der Waals surface area contributed by atoms with Crippen molar-refractivity contribution in [1.29, 1.82) is 0 Å². The van der Waals surface area contributed by atoms with E-state index in [2.05, 4.69) is 20.9 Å². The monoisotopic (exact) mass is 336 g/mol. The van der Waals surface area contributed by atoms with Gasteiger partial charge in [0.05, 0.1) is 19.7 Å². The minimum absolute atomic E-state index is 0.104. The van der Waals surface area contributed by atoms with Crippen molar-refractivity contribution < 1.29 is 14.3 Å². The molecule has 134 valence electrons. The van der Waals surface area contributed by atoms with E-state index >= 15 is 0 Å². The molecule has 1 rings (SSSR count). The van der Waals surface area contributed by atoms with Crippen LogP contribution in [0.25, 0.3) is 0 Å². The van der Waals surface area contributed by atoms with E-state index in [1.165, 1.54) is 6.92 Å². The zero-order chi connectivity index (χ0) is 17.6. The van der Waals surface area contributed by atoms with E-state index < -0.39 is 0 Å². The van der Waals surface area contributed by atoms with Crippen LogP contribution in [0.3, 0.4) is 0 Å². The number of carbonyl (C=O) groups is 1. The normalized spacial score (nSPS) is 11.0. The van der Waals surface area contributed by atoms with Crippen LogP contribution in [0, 0.1) is 0 Å². The lowest BCUT2D eigenvalue weighted by Crippen LogP contribution is -2.39. The van der Waals surface area contributed by atoms with Crippen molar-refractivity contribution in [2.24, 2.45) is 4.99 Å². The Balaban J connectivity index is 2.35. The van der Waals surface area contributed by atoms with Crippen molar-refractivity contribution in [3.05, 3.63) is 24.3 Å². The highest BCUT2D eigenvalue weighted by Gasteiger charge is 2.00. The van der Waals surface area contributed by atoms with Crippen LogP contribution in [-0.4, -0.2) is 51.3 Å². The van der Waals surface area contributed by atoms with E-state index in [9.17, 15) is 4.79 Å². The fourth-order valence-electron chi connectivity index (χ4n) is 1.91. The van der Waals surface area contributed by atoms with E-state index in [0.29, 0.717) is 38.7 Å². The van der Waals surface area contributed by atoms with Crippen molar-refractivity contribution in [2.45, 2.75) is 20.8 Å². The largest absolute Gasteiger partial charge is 0.492 e. The van der Waals surface area contributed by atoms with Crippen LogP contribution in [0.1, 0.15) is 20.8 Å². The molecule has 3 N–H and O–H groups in total. The molecule has 0 saturated carbocycles. The van der Waals surface area contributed by atoms with Gasteiger partial charge in [-0.2, -0.15) is 0 Å². The van der Waals surface area contributed by atoms with E-state index in [0.717, 1.165) is 18.2 Å². The molecule has 0 fully saturated rings. The van der Waals surface area contributed by atoms with Gasteiger partial charge in [-0.25, -0.2) is 0 Å². The number of nitrogens with one attached hydrogen (secondary N) is 3. The molecule has 0 heterocycles. The molecule has 7 nitrogen and oxygen atoms in total. The summed E-state index contributed by atoms with van der Waals surface area (Å²) in [7, 11) is 0. The summed E-state index contributed by atoms with van der Waals surface area (Å²) in [6, 6.07) is 7.31. The number of hydrogen-bond donors (Lipinski definition) is 3. The van der Waals surface area contributed by atoms with Crippen molar-refractivity contribution in [3.8, 4) is 5.75 Å². The highest BCUT2D eigenvalue weighted by molar-refractivity contribution is 5.88. The molecule has 0 atom stereocenters. The molecule has 0 radical (unpaired) electrons. The Hall–Kier alpha value is -2.28. The van der Waals surface area contributed by atoms with Crippen LogP contribution in [0.15, 0.2) is 29.3 Å². The van der Waals surface area contributed by atoms with Gasteiger partial charge in [0.2, 0.25) is 5.91 Å². The number of nitrogens with zero attached hydrogens (tertiary/aromatic N) is 1. The van der Waals surface area contributed by atoms with Crippen LogP contribution in [0.5, 0.6) is 5.75 Å². The van der Waals surface area contributed by atoms with E-state index in [-0.39, 0.29) is 5.91 Å². The van der Waals surface area contributed by atoms with Crippen molar-refractivity contribution in [3.63, 3.8) is 0 Å². The molecule has 0 aliphatic rings. The lowest BCUT2D eigenvalue weighted by atomic mass is 10.3. The molecule has 1 aromatic carbocycles. The summed E-state index contributed by atoms with van der Waals surface area (Å²) in [4.78, 5) is 15.5. The summed E-state index contributed by atoms with van der Waals surface area (Å²) in [5.41, 5.74) is 0.721. The minimum atomic E-state index is -0.104. The number of aliphatic imine (C=N–C) groups is 1. The van der Waals surface area contributed by atoms with Gasteiger partial charge < -0.3 is 25.4 Å². The number of rotatable bonds is 10. The second-order valence-corrected chi connectivity index (χ2v) is 4.94. The van der Waals surface area contributed by atoms with Crippen LogP contribution in [0.2, 0.25) is 0 Å². The Morgan fingerprint density at radius 2 is 2.04 bits per heavy atom. The van der Waals surface area contributed by atoms with Gasteiger partial charge in [-0.15, -0.1) is 0 Å². The molecule has 0 aliphatic heterocycles. The van der Waals surface area contributed by atoms with Gasteiger partial charge >= 0.3 is 0 Å². The highest BCUT2D eigenvalue weighted by Crippen LogP contribution is 2.16. The number of hydrogen-bond acceptors (Lipinski definition) is 4. The van der Waals surface area contributed by atoms with Gasteiger partial charge in [-0.3, -0.25) is 9.79 Å². The molecule has 0 bridgehead atoms. The average molecular weight is 336 g/mol. The molecule has 0 unspecified atom stereocenters. The molecule has 0 spiro atoms. The van der Waals surface area contributed by atoms with Gasteiger partial charge in [0.25, 0.3) is 0 Å². The number of amides is 1. The Bertz CT molecular complexity index is 520. The maximum absolute atomic E-state index is 11.1. The van der Waals surface area contributed by atoms with Crippen LogP contribution in [0.4, 0.5) is 5.69 Å². The molecule has 0 aromatic heterocycles. The van der Waals surface area contributed by atoms with Gasteiger partial charge in [0.1, 0.15) is 12.4 Å². The zero-order valence-electron chi connectivity index (χ0n) is 14.7. The third kappa shape index (κ3) is 8.99. The van der Waals surface area contributed by atoms with Crippen molar-refractivity contribution in [1.82, 2.24) is 10.6 Å². The predicted octanol–water partition coefficient (Wildman–Crippen LogP) is 1.62. The fourth-order valence-corrected chi connectivity index (χ4v) is 1.91. The van der Waals surface area contributed by atoms with Gasteiger partial charge in [-0.05, 0) is 26.0 Å². The van der Waals surface area contributed by atoms with Crippen molar-refractivity contribution >= 4 is 17.6 Å². The van der Waals surface area contributed by atoms with Gasteiger partial charge in [0.15, 0.2) is 5.96 Å². The third-order valence-electron chi connectivity index (χ3n) is 2.87. The molecule has 24 heavy (non-hydrogen) atoms. The highest BCUT2D eigenvalue weighted by atomic mass is 16.5. The summed E-state index contributed by atoms with van der Waals surface area (Å²) in [5, 5.41) is 9.10. The second kappa shape index (κ2) is 12.2. The summed E-state index contributed by atoms with van der Waals surface area (Å²) >= 11 is 0. The Morgan fingerprint density at radius 3 is 2.75 bits per heavy atom. The first-order valence-corrected chi connectivity index (χ1v) is 8.26. The van der Waals surface area contributed by atoms with E-state index in [1.807, 2.05) is 32.0 Å². The molecule has 0 saturated heterocycles. The number of benzene rings is 1. The van der Waals surface area contributed by atoms with E-state index in [1.54, 1.807) is 6.07 Å². The molecular weight excluding hydrogens is 308 g/mol. The van der Waals surface area contributed by atoms with Crippen LogP contribution < -0.4 is 20.7 Å². The first-order valence-electron chi connectivity index (χ1n) is 8.26. The second-order valence-electron chi connectivity index (χ2n) is 4.94. The first-order chi connectivity index (χ1) is 11.7. The lowest BCUT2D eigenvalue weighted by Gasteiger charge is -2.12. The predicted molar refractivity (Wildman–Crippen MR) is 96.7 cm³/mol. The lowest BCUT2D eigenvalue weighted by molar-refractivity contribution is -0.114. The topological polar surface area (TPSA) is 84.0 Å². The smallest absolute Gasteiger partial charge is 0.221 e. The maximum atomic E-state index is 11.1. The molecule has 1 aromatic rings. The Kier molecular flexibility index (Phi) is 10.0. The SMILES string of the molecule is CCNC(=NCCOCC)NCCOc1cccc(NC(C)=O)c1. The standard InChI is InChI=1S/C17H28N4O3/c1-4-18-17(19-9-11-23-5-2)20-10-12-24-16-8-6-7-15(13-16)21-14(3)22/h6-8,13H,4-5,9-12H2,1-3H3,(H,21,22)(H2,18,19,20). The van der Waals surface area contributed by atoms with Crippen LogP contribution >= 0.6 is 0 Å². The third-order valence-corrected chi connectivity index (χ3v) is 2.87. The van der Waals surface area contributed by atoms with E-state index in [4.69, 9.17) is 9.47 Å². The maximum Gasteiger partial charge on any atom is 0.221 e. The minimum Gasteiger partial charge on any atom is -0.492 e. The molecule has 0 aliphatic carbocycles. The quantitative estimate of drug-likeness (QED) is 0.343. The van der Waals surface area contributed by atoms with Gasteiger partial charge in [0, 0.05) is 31.8 Å². The summed E-state index contributed by atoms with van der Waals surface area (Å²) in [6.07, 6.45) is 0. The van der Waals surface area contributed by atoms with Crippen molar-refractivity contribution in [2.75, 3.05) is 44.8 Å². The van der Waals surface area contributed by atoms with Crippen LogP contribution in [-0.2, 0) is 9.53 Å². The summed E-state index contributed by atoms with van der Waals surface area (Å²) in [6.45, 7) is 9.28. The summed E-state index contributed by atoms with van der Waals surface area (Å²) < 4.78 is 10.9. The first kappa shape index (κ1) is 19.8. The Morgan fingerprint density at radius 1 is 1.21 bits per heavy atom. The zero-order valence-corrected chi connectivity index (χ0v) is 14.7. The Labute approximate surface area is 143 Å². The van der Waals surface area contributed by atoms with Gasteiger partial charge in [-0.1, -0.05) is 6.07 Å². The average Bonchev–Trinajstić information content (AvgIpc) is 2.55. The molecule has 7 heteroatoms. The molecular formula is C17H28N4O3. The number of anilines is 1. The number of guanidine groups is 1. The fraction of sp³-hybridized carbons (Fsp3) is 0.529. The molecule has 1 amide bonds. The number of ether oxygens (including phenoxy) is 2.